The Labute approximate surface area is 133 Å². The van der Waals surface area contributed by atoms with E-state index in [1.807, 2.05) is 25.1 Å². The van der Waals surface area contributed by atoms with Gasteiger partial charge in [-0.05, 0) is 53.2 Å². The molecule has 0 aliphatic rings. The number of thiazole rings is 1. The van der Waals surface area contributed by atoms with Crippen molar-refractivity contribution in [1.82, 2.24) is 4.98 Å². The fourth-order valence-electron chi connectivity index (χ4n) is 1.85. The van der Waals surface area contributed by atoms with Crippen LogP contribution in [0, 0.1) is 0 Å². The van der Waals surface area contributed by atoms with E-state index >= 15 is 0 Å². The first-order chi connectivity index (χ1) is 9.74. The largest absolute Gasteiger partial charge is 0.494 e. The molecule has 3 nitrogen and oxygen atoms in total. The first-order valence-corrected chi connectivity index (χ1v) is 8.68. The van der Waals surface area contributed by atoms with E-state index in [9.17, 15) is 0 Å². The Kier molecular flexibility index (Phi) is 4.24. The molecule has 0 unspecified atom stereocenters. The lowest BCUT2D eigenvalue weighted by atomic mass is 10.3. The molecule has 0 fully saturated rings. The standard InChI is InChI=1S/C14H13BrN2OS2/c1-2-18-9-3-5-11-12(7-9)20-14(17-11)16-8-10-4-6-13(15)19-10/h3-7H,2,8H2,1H3,(H,16,17). The molecule has 0 aliphatic heterocycles. The van der Waals surface area contributed by atoms with Gasteiger partial charge in [0.2, 0.25) is 0 Å². The Balaban J connectivity index is 1.75. The second-order valence-corrected chi connectivity index (χ2v) is 7.72. The lowest BCUT2D eigenvalue weighted by Crippen LogP contribution is -1.95. The summed E-state index contributed by atoms with van der Waals surface area (Å²) in [7, 11) is 0. The van der Waals surface area contributed by atoms with Gasteiger partial charge in [-0.3, -0.25) is 0 Å². The second kappa shape index (κ2) is 6.11. The highest BCUT2D eigenvalue weighted by molar-refractivity contribution is 9.11. The molecule has 0 aliphatic carbocycles. The molecule has 0 radical (unpaired) electrons. The number of benzene rings is 1. The van der Waals surface area contributed by atoms with Gasteiger partial charge in [-0.25, -0.2) is 4.98 Å². The van der Waals surface area contributed by atoms with Crippen LogP contribution in [-0.4, -0.2) is 11.6 Å². The van der Waals surface area contributed by atoms with E-state index in [2.05, 4.69) is 38.4 Å². The third-order valence-electron chi connectivity index (χ3n) is 2.71. The minimum absolute atomic E-state index is 0.683. The summed E-state index contributed by atoms with van der Waals surface area (Å²) in [6.07, 6.45) is 0. The van der Waals surface area contributed by atoms with Gasteiger partial charge in [0.1, 0.15) is 5.75 Å². The lowest BCUT2D eigenvalue weighted by Gasteiger charge is -2.00. The molecule has 6 heteroatoms. The molecule has 2 heterocycles. The van der Waals surface area contributed by atoms with Crippen molar-refractivity contribution in [3.8, 4) is 5.75 Å². The number of anilines is 1. The van der Waals surface area contributed by atoms with Crippen LogP contribution in [0.1, 0.15) is 11.8 Å². The molecule has 2 aromatic heterocycles. The maximum absolute atomic E-state index is 5.51. The fourth-order valence-corrected chi connectivity index (χ4v) is 4.16. The second-order valence-electron chi connectivity index (χ2n) is 4.14. The number of nitrogens with one attached hydrogen (secondary N) is 1. The van der Waals surface area contributed by atoms with Crippen LogP contribution in [0.25, 0.3) is 10.2 Å². The number of aromatic nitrogens is 1. The molecule has 104 valence electrons. The Bertz CT molecular complexity index is 723. The molecule has 20 heavy (non-hydrogen) atoms. The fraction of sp³-hybridized carbons (Fsp3) is 0.214. The smallest absolute Gasteiger partial charge is 0.184 e. The average Bonchev–Trinajstić information content (AvgIpc) is 3.02. The Hall–Kier alpha value is -1.11. The van der Waals surface area contributed by atoms with E-state index in [0.717, 1.165) is 31.4 Å². The zero-order valence-electron chi connectivity index (χ0n) is 10.9. The van der Waals surface area contributed by atoms with E-state index in [1.165, 1.54) is 4.88 Å². The Morgan fingerprint density at radius 1 is 1.25 bits per heavy atom. The van der Waals surface area contributed by atoms with Crippen LogP contribution in [0.5, 0.6) is 5.75 Å². The number of ether oxygens (including phenoxy) is 1. The van der Waals surface area contributed by atoms with E-state index in [-0.39, 0.29) is 0 Å². The lowest BCUT2D eigenvalue weighted by molar-refractivity contribution is 0.341. The van der Waals surface area contributed by atoms with Gasteiger partial charge in [0.25, 0.3) is 0 Å². The summed E-state index contributed by atoms with van der Waals surface area (Å²) in [5, 5.41) is 4.31. The summed E-state index contributed by atoms with van der Waals surface area (Å²) in [5.74, 6) is 0.900. The predicted octanol–water partition coefficient (Wildman–Crippen LogP) is 5.13. The SMILES string of the molecule is CCOc1ccc2nc(NCc3ccc(Br)s3)sc2c1. The highest BCUT2D eigenvalue weighted by Gasteiger charge is 2.05. The molecule has 1 N–H and O–H groups in total. The molecule has 1 aromatic carbocycles. The van der Waals surface area contributed by atoms with Crippen molar-refractivity contribution >= 4 is 54.0 Å². The van der Waals surface area contributed by atoms with Gasteiger partial charge in [0.05, 0.1) is 27.2 Å². The highest BCUT2D eigenvalue weighted by atomic mass is 79.9. The molecule has 0 spiro atoms. The number of fused-ring (bicyclic) bond motifs is 1. The van der Waals surface area contributed by atoms with Gasteiger partial charge in [-0.2, -0.15) is 0 Å². The van der Waals surface area contributed by atoms with Crippen molar-refractivity contribution < 1.29 is 4.74 Å². The summed E-state index contributed by atoms with van der Waals surface area (Å²) < 4.78 is 7.81. The van der Waals surface area contributed by atoms with Gasteiger partial charge < -0.3 is 10.1 Å². The van der Waals surface area contributed by atoms with Crippen LogP contribution >= 0.6 is 38.6 Å². The monoisotopic (exact) mass is 368 g/mol. The molecular weight excluding hydrogens is 356 g/mol. The van der Waals surface area contributed by atoms with Gasteiger partial charge in [0.15, 0.2) is 5.13 Å². The first-order valence-electron chi connectivity index (χ1n) is 6.26. The van der Waals surface area contributed by atoms with Gasteiger partial charge in [0, 0.05) is 4.88 Å². The number of halogens is 1. The molecule has 0 amide bonds. The van der Waals surface area contributed by atoms with Crippen molar-refractivity contribution in [2.75, 3.05) is 11.9 Å². The van der Waals surface area contributed by atoms with Gasteiger partial charge in [-0.1, -0.05) is 11.3 Å². The van der Waals surface area contributed by atoms with E-state index in [0.29, 0.717) is 6.61 Å². The number of thiophene rings is 1. The topological polar surface area (TPSA) is 34.1 Å². The molecule has 3 rings (SSSR count). The van der Waals surface area contributed by atoms with Crippen LogP contribution in [0.3, 0.4) is 0 Å². The van der Waals surface area contributed by atoms with Crippen molar-refractivity contribution in [3.05, 3.63) is 39.0 Å². The number of nitrogens with zero attached hydrogens (tertiary/aromatic N) is 1. The summed E-state index contributed by atoms with van der Waals surface area (Å²) in [6.45, 7) is 3.47. The molecule has 0 saturated carbocycles. The molecular formula is C14H13BrN2OS2. The maximum Gasteiger partial charge on any atom is 0.184 e. The predicted molar refractivity (Wildman–Crippen MR) is 90.1 cm³/mol. The average molecular weight is 369 g/mol. The zero-order valence-corrected chi connectivity index (χ0v) is 14.1. The summed E-state index contributed by atoms with van der Waals surface area (Å²) in [5.41, 5.74) is 1.01. The zero-order chi connectivity index (χ0) is 13.9. The number of hydrogen-bond donors (Lipinski definition) is 1. The van der Waals surface area contributed by atoms with Crippen LogP contribution in [0.2, 0.25) is 0 Å². The molecule has 0 saturated heterocycles. The molecule has 0 bridgehead atoms. The highest BCUT2D eigenvalue weighted by Crippen LogP contribution is 2.30. The summed E-state index contributed by atoms with van der Waals surface area (Å²) in [4.78, 5) is 5.86. The van der Waals surface area contributed by atoms with Crippen LogP contribution in [0.15, 0.2) is 34.1 Å². The van der Waals surface area contributed by atoms with Crippen molar-refractivity contribution in [3.63, 3.8) is 0 Å². The number of rotatable bonds is 5. The van der Waals surface area contributed by atoms with Crippen molar-refractivity contribution in [1.29, 1.82) is 0 Å². The number of hydrogen-bond acceptors (Lipinski definition) is 5. The first kappa shape index (κ1) is 13.9. The third-order valence-corrected chi connectivity index (χ3v) is 5.31. The Morgan fingerprint density at radius 2 is 2.15 bits per heavy atom. The van der Waals surface area contributed by atoms with Gasteiger partial charge >= 0.3 is 0 Å². The Morgan fingerprint density at radius 3 is 2.90 bits per heavy atom. The summed E-state index contributed by atoms with van der Waals surface area (Å²) in [6, 6.07) is 10.2. The maximum atomic E-state index is 5.51. The van der Waals surface area contributed by atoms with E-state index in [4.69, 9.17) is 4.74 Å². The van der Waals surface area contributed by atoms with Crippen LogP contribution in [0.4, 0.5) is 5.13 Å². The van der Waals surface area contributed by atoms with E-state index in [1.54, 1.807) is 22.7 Å². The van der Waals surface area contributed by atoms with Crippen molar-refractivity contribution in [2.24, 2.45) is 0 Å². The van der Waals surface area contributed by atoms with Crippen molar-refractivity contribution in [2.45, 2.75) is 13.5 Å². The normalized spacial score (nSPS) is 10.9. The minimum Gasteiger partial charge on any atom is -0.494 e. The quantitative estimate of drug-likeness (QED) is 0.677. The summed E-state index contributed by atoms with van der Waals surface area (Å²) >= 11 is 6.86. The molecule has 3 aromatic rings. The van der Waals surface area contributed by atoms with Gasteiger partial charge in [-0.15, -0.1) is 11.3 Å². The third kappa shape index (κ3) is 3.13. The molecule has 0 atom stereocenters. The minimum atomic E-state index is 0.683. The van der Waals surface area contributed by atoms with Crippen LogP contribution in [-0.2, 0) is 6.54 Å². The van der Waals surface area contributed by atoms with E-state index < -0.39 is 0 Å². The van der Waals surface area contributed by atoms with Crippen LogP contribution < -0.4 is 10.1 Å².